The SMILES string of the molecule is Cc1cc(C)n2nc(C(=O)N(C)Cc3cccc(Cl)c3Cl)nc2n1. The highest BCUT2D eigenvalue weighted by atomic mass is 35.5. The number of nitrogens with zero attached hydrogens (tertiary/aromatic N) is 5. The Morgan fingerprint density at radius 3 is 2.75 bits per heavy atom. The summed E-state index contributed by atoms with van der Waals surface area (Å²) in [6, 6.07) is 7.20. The summed E-state index contributed by atoms with van der Waals surface area (Å²) in [7, 11) is 1.66. The molecule has 6 nitrogen and oxygen atoms in total. The molecule has 2 heterocycles. The molecule has 1 amide bonds. The monoisotopic (exact) mass is 363 g/mol. The van der Waals surface area contributed by atoms with Gasteiger partial charge >= 0.3 is 0 Å². The van der Waals surface area contributed by atoms with E-state index in [0.29, 0.717) is 22.4 Å². The van der Waals surface area contributed by atoms with Crippen LogP contribution in [0.15, 0.2) is 24.3 Å². The molecule has 8 heteroatoms. The molecule has 0 radical (unpaired) electrons. The summed E-state index contributed by atoms with van der Waals surface area (Å²) in [5.74, 6) is 0.190. The van der Waals surface area contributed by atoms with Crippen LogP contribution in [-0.4, -0.2) is 37.4 Å². The maximum absolute atomic E-state index is 12.6. The fourth-order valence-electron chi connectivity index (χ4n) is 2.43. The van der Waals surface area contributed by atoms with Crippen LogP contribution in [0, 0.1) is 13.8 Å². The van der Waals surface area contributed by atoms with Crippen LogP contribution in [0.1, 0.15) is 27.6 Å². The second-order valence-corrected chi connectivity index (χ2v) is 6.35. The third kappa shape index (κ3) is 3.07. The molecule has 2 aromatic heterocycles. The van der Waals surface area contributed by atoms with Gasteiger partial charge in [-0.3, -0.25) is 4.79 Å². The minimum atomic E-state index is -0.311. The first-order valence-electron chi connectivity index (χ1n) is 7.26. The van der Waals surface area contributed by atoms with E-state index in [9.17, 15) is 4.79 Å². The number of rotatable bonds is 3. The van der Waals surface area contributed by atoms with Gasteiger partial charge in [-0.2, -0.15) is 4.98 Å². The Labute approximate surface area is 149 Å². The summed E-state index contributed by atoms with van der Waals surface area (Å²) in [6.45, 7) is 4.07. The van der Waals surface area contributed by atoms with E-state index >= 15 is 0 Å². The minimum Gasteiger partial charge on any atom is -0.335 e. The van der Waals surface area contributed by atoms with E-state index in [4.69, 9.17) is 23.2 Å². The third-order valence-electron chi connectivity index (χ3n) is 3.60. The predicted octanol–water partition coefficient (Wildman–Crippen LogP) is 3.32. The third-order valence-corrected chi connectivity index (χ3v) is 4.45. The van der Waals surface area contributed by atoms with E-state index in [1.807, 2.05) is 26.0 Å². The van der Waals surface area contributed by atoms with Crippen LogP contribution in [0.2, 0.25) is 10.0 Å². The molecule has 3 aromatic rings. The molecule has 0 aliphatic heterocycles. The molecule has 0 bridgehead atoms. The molecule has 0 fully saturated rings. The van der Waals surface area contributed by atoms with Crippen LogP contribution in [0.4, 0.5) is 0 Å². The number of carbonyl (C=O) groups excluding carboxylic acids is 1. The van der Waals surface area contributed by atoms with Gasteiger partial charge in [0.05, 0.1) is 10.0 Å². The van der Waals surface area contributed by atoms with Gasteiger partial charge in [-0.15, -0.1) is 5.10 Å². The molecular formula is C16H15Cl2N5O. The van der Waals surface area contributed by atoms with E-state index in [-0.39, 0.29) is 11.7 Å². The van der Waals surface area contributed by atoms with Crippen molar-refractivity contribution >= 4 is 34.9 Å². The quantitative estimate of drug-likeness (QED) is 0.715. The molecule has 0 saturated carbocycles. The Morgan fingerprint density at radius 1 is 1.25 bits per heavy atom. The lowest BCUT2D eigenvalue weighted by molar-refractivity contribution is 0.0773. The first-order chi connectivity index (χ1) is 11.4. The summed E-state index contributed by atoms with van der Waals surface area (Å²) in [5, 5.41) is 5.14. The lowest BCUT2D eigenvalue weighted by Gasteiger charge is -2.16. The highest BCUT2D eigenvalue weighted by Crippen LogP contribution is 2.26. The van der Waals surface area contributed by atoms with Crippen molar-refractivity contribution in [3.63, 3.8) is 0 Å². The van der Waals surface area contributed by atoms with Gasteiger partial charge in [-0.1, -0.05) is 35.3 Å². The zero-order valence-corrected chi connectivity index (χ0v) is 14.9. The Balaban J connectivity index is 1.88. The summed E-state index contributed by atoms with van der Waals surface area (Å²) in [5.41, 5.74) is 2.45. The van der Waals surface area contributed by atoms with Crippen molar-refractivity contribution in [1.82, 2.24) is 24.5 Å². The van der Waals surface area contributed by atoms with Gasteiger partial charge in [0, 0.05) is 25.0 Å². The Morgan fingerprint density at radius 2 is 2.00 bits per heavy atom. The number of hydrogen-bond donors (Lipinski definition) is 0. The number of carbonyl (C=O) groups is 1. The molecule has 0 spiro atoms. The van der Waals surface area contributed by atoms with Gasteiger partial charge in [0.1, 0.15) is 0 Å². The van der Waals surface area contributed by atoms with E-state index in [1.165, 1.54) is 4.90 Å². The Bertz CT molecular complexity index is 938. The summed E-state index contributed by atoms with van der Waals surface area (Å²) < 4.78 is 1.56. The van der Waals surface area contributed by atoms with Crippen LogP contribution in [0.5, 0.6) is 0 Å². The van der Waals surface area contributed by atoms with Crippen LogP contribution >= 0.6 is 23.2 Å². The zero-order chi connectivity index (χ0) is 17.4. The van der Waals surface area contributed by atoms with E-state index in [2.05, 4.69) is 15.1 Å². The second-order valence-electron chi connectivity index (χ2n) is 5.56. The highest BCUT2D eigenvalue weighted by Gasteiger charge is 2.20. The van der Waals surface area contributed by atoms with Crippen LogP contribution in [-0.2, 0) is 6.54 Å². The number of hydrogen-bond acceptors (Lipinski definition) is 4. The van der Waals surface area contributed by atoms with Crippen LogP contribution in [0.25, 0.3) is 5.78 Å². The average Bonchev–Trinajstić information content (AvgIpc) is 2.95. The van der Waals surface area contributed by atoms with E-state index < -0.39 is 0 Å². The van der Waals surface area contributed by atoms with Crippen molar-refractivity contribution in [3.8, 4) is 0 Å². The van der Waals surface area contributed by atoms with E-state index in [0.717, 1.165) is 17.0 Å². The fraction of sp³-hybridized carbons (Fsp3) is 0.250. The van der Waals surface area contributed by atoms with Crippen molar-refractivity contribution in [2.75, 3.05) is 7.05 Å². The molecule has 3 rings (SSSR count). The second kappa shape index (κ2) is 6.37. The fourth-order valence-corrected chi connectivity index (χ4v) is 2.81. The molecule has 124 valence electrons. The van der Waals surface area contributed by atoms with Gasteiger partial charge in [0.2, 0.25) is 5.82 Å². The summed E-state index contributed by atoms with van der Waals surface area (Å²) in [4.78, 5) is 22.6. The molecule has 1 aromatic carbocycles. The number of aryl methyl sites for hydroxylation is 2. The maximum atomic E-state index is 12.6. The molecule has 0 saturated heterocycles. The topological polar surface area (TPSA) is 63.4 Å². The summed E-state index contributed by atoms with van der Waals surface area (Å²) >= 11 is 12.2. The molecule has 24 heavy (non-hydrogen) atoms. The predicted molar refractivity (Wildman–Crippen MR) is 92.5 cm³/mol. The molecule has 0 N–H and O–H groups in total. The summed E-state index contributed by atoms with van der Waals surface area (Å²) in [6.07, 6.45) is 0. The largest absolute Gasteiger partial charge is 0.335 e. The standard InChI is InChI=1S/C16H15Cl2N5O/c1-9-7-10(2)23-16(19-9)20-14(21-23)15(24)22(3)8-11-5-4-6-12(17)13(11)18/h4-7H,8H2,1-3H3. The van der Waals surface area contributed by atoms with Crippen molar-refractivity contribution in [2.45, 2.75) is 20.4 Å². The molecule has 0 aliphatic rings. The maximum Gasteiger partial charge on any atom is 0.293 e. The number of fused-ring (bicyclic) bond motifs is 1. The molecule has 0 aliphatic carbocycles. The van der Waals surface area contributed by atoms with Gasteiger partial charge in [0.15, 0.2) is 0 Å². The Kier molecular flexibility index (Phi) is 4.43. The van der Waals surface area contributed by atoms with E-state index in [1.54, 1.807) is 23.7 Å². The lowest BCUT2D eigenvalue weighted by atomic mass is 10.2. The van der Waals surface area contributed by atoms with Gasteiger partial charge in [0.25, 0.3) is 11.7 Å². The molecular weight excluding hydrogens is 349 g/mol. The van der Waals surface area contributed by atoms with Crippen molar-refractivity contribution < 1.29 is 4.79 Å². The van der Waals surface area contributed by atoms with Gasteiger partial charge in [-0.05, 0) is 31.5 Å². The molecule has 0 atom stereocenters. The minimum absolute atomic E-state index is 0.0943. The molecule has 0 unspecified atom stereocenters. The van der Waals surface area contributed by atoms with Gasteiger partial charge < -0.3 is 4.90 Å². The normalized spacial score (nSPS) is 11.0. The first kappa shape index (κ1) is 16.7. The smallest absolute Gasteiger partial charge is 0.293 e. The van der Waals surface area contributed by atoms with Crippen molar-refractivity contribution in [1.29, 1.82) is 0 Å². The first-order valence-corrected chi connectivity index (χ1v) is 8.02. The Hall–Kier alpha value is -2.18. The number of amides is 1. The van der Waals surface area contributed by atoms with Crippen molar-refractivity contribution in [3.05, 3.63) is 57.1 Å². The van der Waals surface area contributed by atoms with Crippen LogP contribution < -0.4 is 0 Å². The van der Waals surface area contributed by atoms with Gasteiger partial charge in [-0.25, -0.2) is 9.50 Å². The zero-order valence-electron chi connectivity index (χ0n) is 13.4. The van der Waals surface area contributed by atoms with Crippen LogP contribution in [0.3, 0.4) is 0 Å². The number of halogens is 2. The highest BCUT2D eigenvalue weighted by molar-refractivity contribution is 6.42. The lowest BCUT2D eigenvalue weighted by Crippen LogP contribution is -2.27. The number of benzene rings is 1. The number of aromatic nitrogens is 4. The average molecular weight is 364 g/mol. The van der Waals surface area contributed by atoms with Crippen molar-refractivity contribution in [2.24, 2.45) is 0 Å².